The van der Waals surface area contributed by atoms with Crippen LogP contribution in [0.3, 0.4) is 0 Å². The number of nitrogens with zero attached hydrogens (tertiary/aromatic N) is 2. The average molecular weight is 588 g/mol. The number of aromatic nitrogens is 3. The van der Waals surface area contributed by atoms with Gasteiger partial charge in [0.25, 0.3) is 0 Å². The maximum Gasteiger partial charge on any atom is 0.0541 e. The lowest BCUT2D eigenvalue weighted by molar-refractivity contribution is 1.18. The Balaban J connectivity index is 1.19. The number of benzene rings is 7. The Hall–Kier alpha value is -6.06. The highest BCUT2D eigenvalue weighted by atomic mass is 15.0. The van der Waals surface area contributed by atoms with Gasteiger partial charge in [-0.3, -0.25) is 0 Å². The number of rotatable bonds is 3. The number of hydrogen-bond acceptors (Lipinski definition) is 0. The molecular formula is C43H29N3. The number of H-pyrrole nitrogens is 1. The first-order valence-corrected chi connectivity index (χ1v) is 15.9. The molecule has 3 nitrogen and oxygen atoms in total. The third-order valence-electron chi connectivity index (χ3n) is 9.69. The van der Waals surface area contributed by atoms with E-state index in [4.69, 9.17) is 0 Å². The first kappa shape index (κ1) is 25.3. The minimum Gasteiger partial charge on any atom is -0.355 e. The van der Waals surface area contributed by atoms with E-state index in [-0.39, 0.29) is 0 Å². The quantitative estimate of drug-likeness (QED) is 0.213. The second-order valence-electron chi connectivity index (χ2n) is 12.4. The summed E-state index contributed by atoms with van der Waals surface area (Å²) in [5, 5.41) is 7.57. The van der Waals surface area contributed by atoms with Crippen LogP contribution in [-0.4, -0.2) is 14.1 Å². The van der Waals surface area contributed by atoms with Crippen molar-refractivity contribution in [3.63, 3.8) is 0 Å². The SMILES string of the molecule is Cc1ccc2c(c1)c1cc(-c3ccc4c(c3)c3ccccc3n4-c3ccccc3)ccc1n2-c1ccc2[nH]c3ccccc3c2c1. The van der Waals surface area contributed by atoms with Gasteiger partial charge < -0.3 is 14.1 Å². The molecule has 216 valence electrons. The van der Waals surface area contributed by atoms with Crippen molar-refractivity contribution >= 4 is 65.4 Å². The molecule has 0 radical (unpaired) electrons. The third kappa shape index (κ3) is 3.60. The Bertz CT molecular complexity index is 2810. The van der Waals surface area contributed by atoms with E-state index >= 15 is 0 Å². The molecule has 0 fully saturated rings. The summed E-state index contributed by atoms with van der Waals surface area (Å²) in [6.45, 7) is 2.18. The van der Waals surface area contributed by atoms with Crippen molar-refractivity contribution in [1.29, 1.82) is 0 Å². The first-order valence-electron chi connectivity index (χ1n) is 15.9. The molecule has 10 aromatic rings. The molecule has 0 amide bonds. The predicted molar refractivity (Wildman–Crippen MR) is 195 cm³/mol. The molecule has 3 heteroatoms. The van der Waals surface area contributed by atoms with Crippen LogP contribution in [0.5, 0.6) is 0 Å². The van der Waals surface area contributed by atoms with Crippen LogP contribution in [0.15, 0.2) is 152 Å². The van der Waals surface area contributed by atoms with Crippen LogP contribution in [0.2, 0.25) is 0 Å². The van der Waals surface area contributed by atoms with Crippen molar-refractivity contribution in [2.75, 3.05) is 0 Å². The van der Waals surface area contributed by atoms with E-state index in [0.29, 0.717) is 0 Å². The highest BCUT2D eigenvalue weighted by Crippen LogP contribution is 2.39. The van der Waals surface area contributed by atoms with E-state index in [2.05, 4.69) is 173 Å². The van der Waals surface area contributed by atoms with Gasteiger partial charge in [0.05, 0.1) is 22.1 Å². The number of fused-ring (bicyclic) bond motifs is 9. The van der Waals surface area contributed by atoms with Gasteiger partial charge in [-0.05, 0) is 96.9 Å². The van der Waals surface area contributed by atoms with Gasteiger partial charge in [0.1, 0.15) is 0 Å². The van der Waals surface area contributed by atoms with Crippen molar-refractivity contribution in [2.45, 2.75) is 6.92 Å². The molecule has 0 unspecified atom stereocenters. The highest BCUT2D eigenvalue weighted by Gasteiger charge is 2.17. The van der Waals surface area contributed by atoms with Gasteiger partial charge in [-0.2, -0.15) is 0 Å². The van der Waals surface area contributed by atoms with Crippen LogP contribution in [0, 0.1) is 6.92 Å². The van der Waals surface area contributed by atoms with Gasteiger partial charge in [-0.1, -0.05) is 78.4 Å². The van der Waals surface area contributed by atoms with Crippen LogP contribution in [-0.2, 0) is 0 Å². The molecule has 1 N–H and O–H groups in total. The lowest BCUT2D eigenvalue weighted by Gasteiger charge is -2.10. The average Bonchev–Trinajstić information content (AvgIpc) is 3.75. The molecule has 0 aliphatic carbocycles. The van der Waals surface area contributed by atoms with Crippen molar-refractivity contribution < 1.29 is 0 Å². The molecule has 0 aliphatic heterocycles. The van der Waals surface area contributed by atoms with E-state index in [1.54, 1.807) is 0 Å². The Labute approximate surface area is 265 Å². The molecule has 0 saturated carbocycles. The lowest BCUT2D eigenvalue weighted by Crippen LogP contribution is -1.94. The van der Waals surface area contributed by atoms with Crippen LogP contribution in [0.1, 0.15) is 5.56 Å². The summed E-state index contributed by atoms with van der Waals surface area (Å²) in [4.78, 5) is 3.58. The zero-order valence-electron chi connectivity index (χ0n) is 25.3. The molecule has 0 bridgehead atoms. The normalized spacial score (nSPS) is 12.0. The smallest absolute Gasteiger partial charge is 0.0541 e. The molecule has 3 heterocycles. The molecule has 0 spiro atoms. The Morgan fingerprint density at radius 3 is 1.72 bits per heavy atom. The van der Waals surface area contributed by atoms with E-state index in [9.17, 15) is 0 Å². The molecule has 7 aromatic carbocycles. The van der Waals surface area contributed by atoms with Gasteiger partial charge in [-0.25, -0.2) is 0 Å². The van der Waals surface area contributed by atoms with Crippen LogP contribution < -0.4 is 0 Å². The van der Waals surface area contributed by atoms with Crippen LogP contribution in [0.4, 0.5) is 0 Å². The topological polar surface area (TPSA) is 25.6 Å². The second kappa shape index (κ2) is 9.47. The molecule has 0 atom stereocenters. The summed E-state index contributed by atoms with van der Waals surface area (Å²) in [6.07, 6.45) is 0. The number of aryl methyl sites for hydroxylation is 1. The number of aromatic amines is 1. The first-order chi connectivity index (χ1) is 22.7. The monoisotopic (exact) mass is 587 g/mol. The fraction of sp³-hybridized carbons (Fsp3) is 0.0233. The van der Waals surface area contributed by atoms with E-state index in [1.165, 1.54) is 88.0 Å². The number of nitrogens with one attached hydrogen (secondary N) is 1. The summed E-state index contributed by atoms with van der Waals surface area (Å²) in [7, 11) is 0. The third-order valence-corrected chi connectivity index (χ3v) is 9.69. The Morgan fingerprint density at radius 1 is 0.370 bits per heavy atom. The number of hydrogen-bond donors (Lipinski definition) is 1. The molecule has 0 aliphatic rings. The van der Waals surface area contributed by atoms with Gasteiger partial charge in [0.15, 0.2) is 0 Å². The maximum absolute atomic E-state index is 3.58. The standard InChI is InChI=1S/C43H29N3/c1-27-15-20-41-35(23-27)37-25-29(17-22-43(37)46(41)31-18-19-39-34(26-31)32-11-5-7-13-38(32)44-39)28-16-21-42-36(24-28)33-12-6-8-14-40(33)45(42)30-9-3-2-4-10-30/h2-26,44H,1H3. The predicted octanol–water partition coefficient (Wildman–Crippen LogP) is 11.5. The molecular weight excluding hydrogens is 558 g/mol. The molecule has 46 heavy (non-hydrogen) atoms. The van der Waals surface area contributed by atoms with Crippen molar-refractivity contribution in [2.24, 2.45) is 0 Å². The van der Waals surface area contributed by atoms with Gasteiger partial charge in [-0.15, -0.1) is 0 Å². The van der Waals surface area contributed by atoms with E-state index in [0.717, 1.165) is 5.52 Å². The summed E-state index contributed by atoms with van der Waals surface area (Å²) in [5.41, 5.74) is 13.3. The fourth-order valence-electron chi connectivity index (χ4n) is 7.58. The minimum atomic E-state index is 1.16. The van der Waals surface area contributed by atoms with Gasteiger partial charge >= 0.3 is 0 Å². The Morgan fingerprint density at radius 2 is 0.935 bits per heavy atom. The highest BCUT2D eigenvalue weighted by molar-refractivity contribution is 6.13. The number of para-hydroxylation sites is 3. The van der Waals surface area contributed by atoms with E-state index < -0.39 is 0 Å². The largest absolute Gasteiger partial charge is 0.355 e. The van der Waals surface area contributed by atoms with Gasteiger partial charge in [0, 0.05) is 54.7 Å². The zero-order valence-corrected chi connectivity index (χ0v) is 25.3. The fourth-order valence-corrected chi connectivity index (χ4v) is 7.58. The van der Waals surface area contributed by atoms with Gasteiger partial charge in [0.2, 0.25) is 0 Å². The van der Waals surface area contributed by atoms with Crippen molar-refractivity contribution in [3.05, 3.63) is 157 Å². The molecule has 0 saturated heterocycles. The summed E-state index contributed by atoms with van der Waals surface area (Å²) in [6, 6.07) is 55.4. The summed E-state index contributed by atoms with van der Waals surface area (Å²) >= 11 is 0. The van der Waals surface area contributed by atoms with Crippen molar-refractivity contribution in [3.8, 4) is 22.5 Å². The van der Waals surface area contributed by atoms with E-state index in [1.807, 2.05) is 0 Å². The zero-order chi connectivity index (χ0) is 30.4. The minimum absolute atomic E-state index is 1.16. The second-order valence-corrected chi connectivity index (χ2v) is 12.4. The van der Waals surface area contributed by atoms with Crippen LogP contribution >= 0.6 is 0 Å². The Kier molecular flexibility index (Phi) is 5.20. The molecule has 3 aromatic heterocycles. The lowest BCUT2D eigenvalue weighted by atomic mass is 10.0. The molecule has 10 rings (SSSR count). The maximum atomic E-state index is 3.58. The summed E-state index contributed by atoms with van der Waals surface area (Å²) < 4.78 is 4.80. The van der Waals surface area contributed by atoms with Crippen molar-refractivity contribution in [1.82, 2.24) is 14.1 Å². The van der Waals surface area contributed by atoms with Crippen LogP contribution in [0.25, 0.3) is 87.9 Å². The summed E-state index contributed by atoms with van der Waals surface area (Å²) in [5.74, 6) is 0.